The number of anilines is 1. The number of carbonyl (C=O) groups excluding carboxylic acids is 1. The number of rotatable bonds is 8. The molecule has 0 radical (unpaired) electrons. The van der Waals surface area contributed by atoms with Crippen molar-refractivity contribution in [2.45, 2.75) is 29.7 Å². The summed E-state index contributed by atoms with van der Waals surface area (Å²) in [4.78, 5) is 12.9. The lowest BCUT2D eigenvalue weighted by atomic mass is 10.3. The number of thioether (sulfide) groups is 1. The quantitative estimate of drug-likeness (QED) is 0.598. The Labute approximate surface area is 186 Å². The molecule has 2 aromatic carbocycles. The van der Waals surface area contributed by atoms with E-state index in [1.807, 2.05) is 13.8 Å². The molecular formula is C21H25FN2O5S2. The van der Waals surface area contributed by atoms with Crippen LogP contribution in [0.4, 0.5) is 10.1 Å². The van der Waals surface area contributed by atoms with Gasteiger partial charge in [-0.25, -0.2) is 12.8 Å². The van der Waals surface area contributed by atoms with E-state index in [0.717, 1.165) is 11.8 Å². The highest BCUT2D eigenvalue weighted by Gasteiger charge is 2.27. The van der Waals surface area contributed by atoms with Gasteiger partial charge >= 0.3 is 0 Å². The van der Waals surface area contributed by atoms with Gasteiger partial charge < -0.3 is 14.8 Å². The normalized spacial score (nSPS) is 15.1. The second-order valence-electron chi connectivity index (χ2n) is 7.11. The Hall–Kier alpha value is -2.14. The van der Waals surface area contributed by atoms with Crippen molar-refractivity contribution in [2.24, 2.45) is 0 Å². The van der Waals surface area contributed by atoms with Crippen molar-refractivity contribution in [1.82, 2.24) is 4.31 Å². The van der Waals surface area contributed by atoms with E-state index in [1.165, 1.54) is 28.6 Å². The van der Waals surface area contributed by atoms with Gasteiger partial charge in [-0.3, -0.25) is 4.79 Å². The van der Waals surface area contributed by atoms with Crippen LogP contribution in [0.25, 0.3) is 0 Å². The van der Waals surface area contributed by atoms with Gasteiger partial charge in [0, 0.05) is 18.0 Å². The van der Waals surface area contributed by atoms with Gasteiger partial charge in [-0.15, -0.1) is 11.8 Å². The molecule has 31 heavy (non-hydrogen) atoms. The molecule has 1 N–H and O–H groups in total. The van der Waals surface area contributed by atoms with E-state index in [4.69, 9.17) is 9.47 Å². The van der Waals surface area contributed by atoms with E-state index in [1.54, 1.807) is 18.2 Å². The molecule has 1 amide bonds. The SMILES string of the molecule is CC(C)Oc1ccc(S(=O)(=O)N2CCOCC2)cc1NC(=O)CSc1ccccc1F. The summed E-state index contributed by atoms with van der Waals surface area (Å²) in [6.45, 7) is 4.88. The van der Waals surface area contributed by atoms with E-state index in [2.05, 4.69) is 5.32 Å². The van der Waals surface area contributed by atoms with Gasteiger partial charge in [-0.2, -0.15) is 4.31 Å². The fraction of sp³-hybridized carbons (Fsp3) is 0.381. The number of halogens is 1. The van der Waals surface area contributed by atoms with Gasteiger partial charge in [0.05, 0.1) is 35.7 Å². The van der Waals surface area contributed by atoms with Crippen molar-refractivity contribution in [1.29, 1.82) is 0 Å². The zero-order valence-corrected chi connectivity index (χ0v) is 19.0. The van der Waals surface area contributed by atoms with E-state index in [0.29, 0.717) is 23.9 Å². The van der Waals surface area contributed by atoms with Crippen LogP contribution >= 0.6 is 11.8 Å². The number of hydrogen-bond donors (Lipinski definition) is 1. The fourth-order valence-electron chi connectivity index (χ4n) is 2.95. The van der Waals surface area contributed by atoms with E-state index in [9.17, 15) is 17.6 Å². The minimum Gasteiger partial charge on any atom is -0.489 e. The molecule has 1 aliphatic heterocycles. The Bertz CT molecular complexity index is 1020. The number of ether oxygens (including phenoxy) is 2. The number of carbonyl (C=O) groups is 1. The maximum absolute atomic E-state index is 13.8. The van der Waals surface area contributed by atoms with Crippen LogP contribution in [0.15, 0.2) is 52.3 Å². The largest absolute Gasteiger partial charge is 0.489 e. The average Bonchev–Trinajstić information content (AvgIpc) is 2.74. The lowest BCUT2D eigenvalue weighted by molar-refractivity contribution is -0.113. The minimum atomic E-state index is -3.73. The maximum Gasteiger partial charge on any atom is 0.243 e. The molecule has 1 aliphatic rings. The summed E-state index contributed by atoms with van der Waals surface area (Å²) >= 11 is 1.06. The lowest BCUT2D eigenvalue weighted by Gasteiger charge is -2.26. The Morgan fingerprint density at radius 1 is 1.23 bits per heavy atom. The average molecular weight is 469 g/mol. The monoisotopic (exact) mass is 468 g/mol. The number of amides is 1. The zero-order valence-electron chi connectivity index (χ0n) is 17.3. The molecule has 10 heteroatoms. The summed E-state index contributed by atoms with van der Waals surface area (Å²) in [6, 6.07) is 10.6. The lowest BCUT2D eigenvalue weighted by Crippen LogP contribution is -2.40. The molecule has 0 spiro atoms. The Morgan fingerprint density at radius 2 is 1.94 bits per heavy atom. The standard InChI is InChI=1S/C21H25FN2O5S2/c1-15(2)29-19-8-7-16(31(26,27)24-9-11-28-12-10-24)13-18(19)23-21(25)14-30-20-6-4-3-5-17(20)22/h3-8,13,15H,9-12,14H2,1-2H3,(H,23,25). The van der Waals surface area contributed by atoms with Crippen molar-refractivity contribution >= 4 is 33.4 Å². The first-order valence-electron chi connectivity index (χ1n) is 9.83. The molecule has 0 unspecified atom stereocenters. The molecule has 1 heterocycles. The van der Waals surface area contributed by atoms with Crippen molar-refractivity contribution in [3.05, 3.63) is 48.3 Å². The van der Waals surface area contributed by atoms with E-state index >= 15 is 0 Å². The summed E-state index contributed by atoms with van der Waals surface area (Å²) in [5.41, 5.74) is 0.252. The predicted molar refractivity (Wildman–Crippen MR) is 118 cm³/mol. The van der Waals surface area contributed by atoms with Gasteiger partial charge in [0.25, 0.3) is 0 Å². The van der Waals surface area contributed by atoms with Crippen molar-refractivity contribution in [3.8, 4) is 5.75 Å². The molecule has 7 nitrogen and oxygen atoms in total. The minimum absolute atomic E-state index is 0.0392. The van der Waals surface area contributed by atoms with Crippen molar-refractivity contribution < 1.29 is 27.1 Å². The summed E-state index contributed by atoms with van der Waals surface area (Å²) in [5.74, 6) is -0.478. The summed E-state index contributed by atoms with van der Waals surface area (Å²) in [5, 5.41) is 2.71. The zero-order chi connectivity index (χ0) is 22.4. The molecule has 2 aromatic rings. The highest BCUT2D eigenvalue weighted by molar-refractivity contribution is 8.00. The molecule has 1 saturated heterocycles. The molecule has 0 atom stereocenters. The number of nitrogens with one attached hydrogen (secondary N) is 1. The van der Waals surface area contributed by atoms with Gasteiger partial charge in [0.1, 0.15) is 11.6 Å². The third-order valence-corrected chi connectivity index (χ3v) is 7.33. The Morgan fingerprint density at radius 3 is 2.61 bits per heavy atom. The van der Waals surface area contributed by atoms with E-state index in [-0.39, 0.29) is 35.5 Å². The third-order valence-electron chi connectivity index (χ3n) is 4.39. The molecule has 1 fully saturated rings. The van der Waals surface area contributed by atoms with Crippen LogP contribution in [-0.2, 0) is 19.6 Å². The molecule has 0 saturated carbocycles. The highest BCUT2D eigenvalue weighted by atomic mass is 32.2. The first-order valence-corrected chi connectivity index (χ1v) is 12.3. The highest BCUT2D eigenvalue weighted by Crippen LogP contribution is 2.31. The summed E-state index contributed by atoms with van der Waals surface area (Å²) < 4.78 is 52.1. The topological polar surface area (TPSA) is 84.9 Å². The molecule has 0 aromatic heterocycles. The maximum atomic E-state index is 13.8. The van der Waals surface area contributed by atoms with Gasteiger partial charge in [-0.1, -0.05) is 12.1 Å². The number of nitrogens with zero attached hydrogens (tertiary/aromatic N) is 1. The van der Waals surface area contributed by atoms with Crippen LogP contribution in [-0.4, -0.2) is 56.8 Å². The van der Waals surface area contributed by atoms with Crippen LogP contribution in [0.5, 0.6) is 5.75 Å². The smallest absolute Gasteiger partial charge is 0.243 e. The van der Waals surface area contributed by atoms with Crippen LogP contribution in [0.1, 0.15) is 13.8 Å². The van der Waals surface area contributed by atoms with Crippen molar-refractivity contribution in [2.75, 3.05) is 37.4 Å². The molecule has 168 valence electrons. The van der Waals surface area contributed by atoms with Crippen LogP contribution in [0.2, 0.25) is 0 Å². The van der Waals surface area contributed by atoms with E-state index < -0.39 is 21.7 Å². The summed E-state index contributed by atoms with van der Waals surface area (Å²) in [6.07, 6.45) is -0.176. The van der Waals surface area contributed by atoms with Gasteiger partial charge in [-0.05, 0) is 44.2 Å². The Kier molecular flexibility index (Phi) is 7.93. The summed E-state index contributed by atoms with van der Waals surface area (Å²) in [7, 11) is -3.73. The van der Waals surface area contributed by atoms with Gasteiger partial charge in [0.15, 0.2) is 0 Å². The third kappa shape index (κ3) is 6.19. The predicted octanol–water partition coefficient (Wildman–Crippen LogP) is 3.36. The number of benzene rings is 2. The second kappa shape index (κ2) is 10.4. The second-order valence-corrected chi connectivity index (χ2v) is 10.1. The first-order chi connectivity index (χ1) is 14.8. The molecule has 3 rings (SSSR count). The number of morpholine rings is 1. The van der Waals surface area contributed by atoms with Gasteiger partial charge in [0.2, 0.25) is 15.9 Å². The molecule has 0 bridgehead atoms. The molecule has 0 aliphatic carbocycles. The fourth-order valence-corrected chi connectivity index (χ4v) is 5.13. The Balaban J connectivity index is 1.80. The molecular weight excluding hydrogens is 443 g/mol. The van der Waals surface area contributed by atoms with Crippen molar-refractivity contribution in [3.63, 3.8) is 0 Å². The number of sulfonamides is 1. The number of hydrogen-bond acceptors (Lipinski definition) is 6. The van der Waals surface area contributed by atoms with Crippen LogP contribution in [0.3, 0.4) is 0 Å². The first kappa shape index (κ1) is 23.5. The van der Waals surface area contributed by atoms with Crippen LogP contribution < -0.4 is 10.1 Å². The van der Waals surface area contributed by atoms with Crippen LogP contribution in [0, 0.1) is 5.82 Å².